The summed E-state index contributed by atoms with van der Waals surface area (Å²) in [6.07, 6.45) is 2.66. The van der Waals surface area contributed by atoms with Crippen molar-refractivity contribution in [1.82, 2.24) is 19.7 Å². The highest BCUT2D eigenvalue weighted by molar-refractivity contribution is 8.00. The molecule has 0 aliphatic heterocycles. The van der Waals surface area contributed by atoms with Crippen molar-refractivity contribution in [3.8, 4) is 0 Å². The number of carbonyl (C=O) groups excluding carboxylic acids is 1. The average molecular weight is 471 g/mol. The summed E-state index contributed by atoms with van der Waals surface area (Å²) in [7, 11) is -1.96. The van der Waals surface area contributed by atoms with E-state index in [-0.39, 0.29) is 12.5 Å². The molecule has 0 fully saturated rings. The number of thiazole rings is 1. The second-order valence-corrected chi connectivity index (χ2v) is 10.4. The fourth-order valence-electron chi connectivity index (χ4n) is 2.43. The van der Waals surface area contributed by atoms with Gasteiger partial charge in [0, 0.05) is 18.6 Å². The lowest BCUT2D eigenvalue weighted by molar-refractivity contribution is -0.115. The predicted molar refractivity (Wildman–Crippen MR) is 114 cm³/mol. The zero-order valence-corrected chi connectivity index (χ0v) is 18.8. The minimum Gasteiger partial charge on any atom is -0.308 e. The summed E-state index contributed by atoms with van der Waals surface area (Å²) in [4.78, 5) is 16.3. The van der Waals surface area contributed by atoms with Gasteiger partial charge in [0.2, 0.25) is 15.9 Å². The van der Waals surface area contributed by atoms with Crippen LogP contribution in [0.5, 0.6) is 0 Å². The summed E-state index contributed by atoms with van der Waals surface area (Å²) < 4.78 is 40.5. The van der Waals surface area contributed by atoms with Gasteiger partial charge in [-0.3, -0.25) is 9.10 Å². The molecule has 0 radical (unpaired) electrons. The summed E-state index contributed by atoms with van der Waals surface area (Å²) in [5.41, 5.74) is 0.312. The SMILES string of the molecule is CC(Sc1nnc(CN(c2ccc(F)cc2)S(C)(=O)=O)n1C)C(=O)Nc1nccs1. The van der Waals surface area contributed by atoms with Crippen LogP contribution in [0.1, 0.15) is 12.7 Å². The fraction of sp³-hybridized carbons (Fsp3) is 0.294. The van der Waals surface area contributed by atoms with E-state index >= 15 is 0 Å². The zero-order chi connectivity index (χ0) is 21.9. The average Bonchev–Trinajstić information content (AvgIpc) is 3.30. The Hall–Kier alpha value is -2.51. The van der Waals surface area contributed by atoms with Crippen LogP contribution in [0.4, 0.5) is 15.2 Å². The number of anilines is 2. The van der Waals surface area contributed by atoms with E-state index in [1.807, 2.05) is 0 Å². The Morgan fingerprint density at radius 3 is 2.63 bits per heavy atom. The Bertz CT molecular complexity index is 1120. The molecule has 2 aromatic heterocycles. The molecule has 13 heteroatoms. The van der Waals surface area contributed by atoms with Crippen LogP contribution in [-0.2, 0) is 28.4 Å². The first-order valence-corrected chi connectivity index (χ1v) is 12.2. The Morgan fingerprint density at radius 2 is 2.03 bits per heavy atom. The molecule has 1 amide bonds. The van der Waals surface area contributed by atoms with E-state index in [9.17, 15) is 17.6 Å². The third-order valence-electron chi connectivity index (χ3n) is 4.04. The van der Waals surface area contributed by atoms with E-state index in [1.165, 1.54) is 47.4 Å². The number of carbonyl (C=O) groups is 1. The van der Waals surface area contributed by atoms with Crippen LogP contribution in [0, 0.1) is 5.82 Å². The number of hydrogen-bond donors (Lipinski definition) is 1. The number of nitrogens with zero attached hydrogens (tertiary/aromatic N) is 5. The zero-order valence-electron chi connectivity index (χ0n) is 16.3. The van der Waals surface area contributed by atoms with E-state index in [0.717, 1.165) is 10.6 Å². The third-order valence-corrected chi connectivity index (χ3v) is 7.00. The van der Waals surface area contributed by atoms with Crippen molar-refractivity contribution < 1.29 is 17.6 Å². The number of halogens is 1. The van der Waals surface area contributed by atoms with Crippen molar-refractivity contribution >= 4 is 49.8 Å². The van der Waals surface area contributed by atoms with Gasteiger partial charge in [-0.05, 0) is 31.2 Å². The number of rotatable bonds is 8. The van der Waals surface area contributed by atoms with Crippen LogP contribution < -0.4 is 9.62 Å². The molecule has 30 heavy (non-hydrogen) atoms. The highest BCUT2D eigenvalue weighted by atomic mass is 32.2. The van der Waals surface area contributed by atoms with Crippen molar-refractivity contribution in [2.45, 2.75) is 23.9 Å². The van der Waals surface area contributed by atoms with Crippen LogP contribution in [0.2, 0.25) is 0 Å². The van der Waals surface area contributed by atoms with Gasteiger partial charge in [-0.2, -0.15) is 0 Å². The second kappa shape index (κ2) is 9.10. The van der Waals surface area contributed by atoms with Gasteiger partial charge in [-0.25, -0.2) is 17.8 Å². The number of sulfonamides is 1. The minimum absolute atomic E-state index is 0.0891. The van der Waals surface area contributed by atoms with Crippen molar-refractivity contribution in [1.29, 1.82) is 0 Å². The Labute approximate surface area is 181 Å². The Morgan fingerprint density at radius 1 is 1.33 bits per heavy atom. The molecule has 0 aliphatic rings. The smallest absolute Gasteiger partial charge is 0.239 e. The largest absolute Gasteiger partial charge is 0.308 e. The van der Waals surface area contributed by atoms with Gasteiger partial charge < -0.3 is 9.88 Å². The molecule has 1 aromatic carbocycles. The fourth-order valence-corrected chi connectivity index (χ4v) is 4.65. The van der Waals surface area contributed by atoms with Crippen LogP contribution in [0.15, 0.2) is 41.0 Å². The van der Waals surface area contributed by atoms with Crippen LogP contribution >= 0.6 is 23.1 Å². The Kier molecular flexibility index (Phi) is 6.73. The first-order valence-electron chi connectivity index (χ1n) is 8.63. The summed E-state index contributed by atoms with van der Waals surface area (Å²) >= 11 is 2.51. The molecule has 1 N–H and O–H groups in total. The molecule has 2 heterocycles. The van der Waals surface area contributed by atoms with E-state index in [2.05, 4.69) is 20.5 Å². The van der Waals surface area contributed by atoms with E-state index in [0.29, 0.717) is 21.8 Å². The molecule has 1 unspecified atom stereocenters. The monoisotopic (exact) mass is 470 g/mol. The lowest BCUT2D eigenvalue weighted by Gasteiger charge is -2.21. The number of nitrogens with one attached hydrogen (secondary N) is 1. The normalized spacial score (nSPS) is 12.5. The number of amides is 1. The first kappa shape index (κ1) is 22.2. The van der Waals surface area contributed by atoms with Crippen LogP contribution in [-0.4, -0.2) is 45.6 Å². The van der Waals surface area contributed by atoms with Crippen LogP contribution in [0.25, 0.3) is 0 Å². The van der Waals surface area contributed by atoms with Crippen molar-refractivity contribution in [2.75, 3.05) is 15.9 Å². The quantitative estimate of drug-likeness (QED) is 0.504. The maximum absolute atomic E-state index is 13.2. The molecule has 0 aliphatic carbocycles. The highest BCUT2D eigenvalue weighted by Crippen LogP contribution is 2.25. The molecular formula is C17H19FN6O3S3. The molecule has 9 nitrogen and oxygen atoms in total. The van der Waals surface area contributed by atoms with Gasteiger partial charge in [0.15, 0.2) is 16.1 Å². The molecule has 0 saturated heterocycles. The van der Waals surface area contributed by atoms with E-state index in [1.54, 1.807) is 30.1 Å². The Balaban J connectivity index is 1.74. The molecular weight excluding hydrogens is 451 g/mol. The molecule has 0 bridgehead atoms. The molecule has 1 atom stereocenters. The second-order valence-electron chi connectivity index (χ2n) is 6.29. The third kappa shape index (κ3) is 5.34. The maximum Gasteiger partial charge on any atom is 0.239 e. The number of benzene rings is 1. The molecule has 3 rings (SSSR count). The van der Waals surface area contributed by atoms with E-state index < -0.39 is 21.1 Å². The van der Waals surface area contributed by atoms with Crippen molar-refractivity contribution in [2.24, 2.45) is 7.05 Å². The standard InChI is InChI=1S/C17H19FN6O3S3/c1-11(15(25)20-16-19-8-9-28-16)29-17-22-21-14(23(17)2)10-24(30(3,26)27)13-6-4-12(18)5-7-13/h4-9,11H,10H2,1-3H3,(H,19,20,25). The van der Waals surface area contributed by atoms with E-state index in [4.69, 9.17) is 0 Å². The summed E-state index contributed by atoms with van der Waals surface area (Å²) in [5, 5.41) is 13.1. The topological polar surface area (TPSA) is 110 Å². The van der Waals surface area contributed by atoms with Crippen molar-refractivity contribution in [3.05, 3.63) is 47.5 Å². The lowest BCUT2D eigenvalue weighted by Crippen LogP contribution is -2.30. The van der Waals surface area contributed by atoms with Gasteiger partial charge in [-0.1, -0.05) is 11.8 Å². The summed E-state index contributed by atoms with van der Waals surface area (Å²) in [6.45, 7) is 1.64. The van der Waals surface area contributed by atoms with Crippen molar-refractivity contribution in [3.63, 3.8) is 0 Å². The molecule has 0 saturated carbocycles. The first-order chi connectivity index (χ1) is 14.1. The maximum atomic E-state index is 13.2. The predicted octanol–water partition coefficient (Wildman–Crippen LogP) is 2.50. The van der Waals surface area contributed by atoms with Gasteiger partial charge in [0.1, 0.15) is 5.82 Å². The highest BCUT2D eigenvalue weighted by Gasteiger charge is 2.23. The minimum atomic E-state index is -3.65. The summed E-state index contributed by atoms with van der Waals surface area (Å²) in [6, 6.07) is 5.14. The molecule has 3 aromatic rings. The van der Waals surface area contributed by atoms with Gasteiger partial charge in [0.05, 0.1) is 23.7 Å². The summed E-state index contributed by atoms with van der Waals surface area (Å²) in [5.74, 6) is -0.321. The molecule has 160 valence electrons. The van der Waals surface area contributed by atoms with Gasteiger partial charge >= 0.3 is 0 Å². The van der Waals surface area contributed by atoms with Crippen LogP contribution in [0.3, 0.4) is 0 Å². The molecule has 0 spiro atoms. The van der Waals surface area contributed by atoms with Gasteiger partial charge in [-0.15, -0.1) is 21.5 Å². The number of thioether (sulfide) groups is 1. The van der Waals surface area contributed by atoms with Gasteiger partial charge in [0.25, 0.3) is 0 Å². The number of aromatic nitrogens is 4. The lowest BCUT2D eigenvalue weighted by atomic mass is 10.3. The number of hydrogen-bond acceptors (Lipinski definition) is 8.